The molecule has 1 aromatic heterocycles. The van der Waals surface area contributed by atoms with Crippen molar-refractivity contribution in [3.63, 3.8) is 0 Å². The number of carboxylic acids is 1. The first kappa shape index (κ1) is 10.7. The first-order valence-electron chi connectivity index (χ1n) is 4.63. The molecule has 0 atom stereocenters. The SMILES string of the molecule is Cc1nccn1-c1cc(Cl)ccc1C(=O)O. The van der Waals surface area contributed by atoms with Crippen LogP contribution in [0.15, 0.2) is 30.6 Å². The Labute approximate surface area is 97.1 Å². The van der Waals surface area contributed by atoms with Crippen molar-refractivity contribution in [2.45, 2.75) is 6.92 Å². The molecule has 0 saturated carbocycles. The zero-order valence-corrected chi connectivity index (χ0v) is 9.27. The maximum absolute atomic E-state index is 11.1. The van der Waals surface area contributed by atoms with E-state index in [1.807, 2.05) is 0 Å². The van der Waals surface area contributed by atoms with Crippen LogP contribution in [0.2, 0.25) is 5.02 Å². The van der Waals surface area contributed by atoms with Gasteiger partial charge in [0.15, 0.2) is 0 Å². The van der Waals surface area contributed by atoms with Crippen LogP contribution in [0.25, 0.3) is 5.69 Å². The van der Waals surface area contributed by atoms with Crippen LogP contribution in [0.1, 0.15) is 16.2 Å². The summed E-state index contributed by atoms with van der Waals surface area (Å²) in [5.74, 6) is -0.274. The average Bonchev–Trinajstić information content (AvgIpc) is 2.63. The zero-order valence-electron chi connectivity index (χ0n) is 8.51. The average molecular weight is 237 g/mol. The summed E-state index contributed by atoms with van der Waals surface area (Å²) in [5.41, 5.74) is 0.723. The minimum absolute atomic E-state index is 0.200. The molecule has 1 N–H and O–H groups in total. The number of halogens is 1. The van der Waals surface area contributed by atoms with E-state index in [1.54, 1.807) is 36.0 Å². The lowest BCUT2D eigenvalue weighted by molar-refractivity contribution is 0.0697. The fourth-order valence-electron chi connectivity index (χ4n) is 1.52. The highest BCUT2D eigenvalue weighted by molar-refractivity contribution is 6.30. The van der Waals surface area contributed by atoms with E-state index < -0.39 is 5.97 Å². The van der Waals surface area contributed by atoms with Crippen molar-refractivity contribution in [3.8, 4) is 5.69 Å². The summed E-state index contributed by atoms with van der Waals surface area (Å²) >= 11 is 5.86. The Bertz CT molecular complexity index is 549. The normalized spacial score (nSPS) is 10.4. The molecule has 0 amide bonds. The van der Waals surface area contributed by atoms with Gasteiger partial charge >= 0.3 is 5.97 Å². The first-order valence-corrected chi connectivity index (χ1v) is 5.00. The van der Waals surface area contributed by atoms with Crippen LogP contribution in [0.4, 0.5) is 0 Å². The Morgan fingerprint density at radius 1 is 1.50 bits per heavy atom. The van der Waals surface area contributed by atoms with Crippen molar-refractivity contribution in [1.29, 1.82) is 0 Å². The molecule has 4 nitrogen and oxygen atoms in total. The lowest BCUT2D eigenvalue weighted by Crippen LogP contribution is -2.06. The van der Waals surface area contributed by atoms with E-state index in [4.69, 9.17) is 16.7 Å². The molecular weight excluding hydrogens is 228 g/mol. The molecule has 0 aliphatic carbocycles. The van der Waals surface area contributed by atoms with Crippen LogP contribution >= 0.6 is 11.6 Å². The van der Waals surface area contributed by atoms with Gasteiger partial charge in [-0.25, -0.2) is 9.78 Å². The molecule has 0 radical (unpaired) electrons. The number of aryl methyl sites for hydroxylation is 1. The number of imidazole rings is 1. The molecule has 0 spiro atoms. The van der Waals surface area contributed by atoms with E-state index in [-0.39, 0.29) is 5.56 Å². The third-order valence-corrected chi connectivity index (χ3v) is 2.51. The number of aromatic carboxylic acids is 1. The molecule has 2 aromatic rings. The molecule has 1 aromatic carbocycles. The largest absolute Gasteiger partial charge is 0.478 e. The summed E-state index contributed by atoms with van der Waals surface area (Å²) in [6.07, 6.45) is 3.31. The highest BCUT2D eigenvalue weighted by Crippen LogP contribution is 2.21. The van der Waals surface area contributed by atoms with Crippen LogP contribution in [0.5, 0.6) is 0 Å². The second-order valence-corrected chi connectivity index (χ2v) is 3.75. The van der Waals surface area contributed by atoms with E-state index in [0.717, 1.165) is 0 Å². The molecule has 1 heterocycles. The molecule has 0 unspecified atom stereocenters. The van der Waals surface area contributed by atoms with E-state index in [2.05, 4.69) is 4.98 Å². The molecule has 82 valence electrons. The molecule has 0 aliphatic heterocycles. The van der Waals surface area contributed by atoms with Gasteiger partial charge < -0.3 is 9.67 Å². The number of carbonyl (C=O) groups is 1. The predicted molar refractivity (Wildman–Crippen MR) is 60.3 cm³/mol. The van der Waals surface area contributed by atoms with Crippen LogP contribution < -0.4 is 0 Å². The zero-order chi connectivity index (χ0) is 11.7. The highest BCUT2D eigenvalue weighted by Gasteiger charge is 2.13. The number of benzene rings is 1. The summed E-state index contributed by atoms with van der Waals surface area (Å²) in [6.45, 7) is 1.80. The Kier molecular flexibility index (Phi) is 2.66. The summed E-state index contributed by atoms with van der Waals surface area (Å²) in [4.78, 5) is 15.1. The maximum atomic E-state index is 11.1. The van der Waals surface area contributed by atoms with Crippen LogP contribution in [-0.4, -0.2) is 20.6 Å². The Hall–Kier alpha value is -1.81. The van der Waals surface area contributed by atoms with Crippen LogP contribution in [-0.2, 0) is 0 Å². The standard InChI is InChI=1S/C11H9ClN2O2/c1-7-13-4-5-14(7)10-6-8(12)2-3-9(10)11(15)16/h2-6H,1H3,(H,15,16). The second kappa shape index (κ2) is 3.98. The monoisotopic (exact) mass is 236 g/mol. The van der Waals surface area contributed by atoms with Crippen LogP contribution in [0, 0.1) is 6.92 Å². The summed E-state index contributed by atoms with van der Waals surface area (Å²) in [5, 5.41) is 9.56. The van der Waals surface area contributed by atoms with Gasteiger partial charge in [-0.2, -0.15) is 0 Å². The molecule has 0 aliphatic rings. The van der Waals surface area contributed by atoms with Crippen molar-refractivity contribution in [2.24, 2.45) is 0 Å². The fraction of sp³-hybridized carbons (Fsp3) is 0.0909. The van der Waals surface area contributed by atoms with Gasteiger partial charge in [-0.05, 0) is 25.1 Å². The van der Waals surface area contributed by atoms with E-state index in [1.165, 1.54) is 6.07 Å². The van der Waals surface area contributed by atoms with E-state index in [0.29, 0.717) is 16.5 Å². The number of hydrogen-bond acceptors (Lipinski definition) is 2. The fourth-order valence-corrected chi connectivity index (χ4v) is 1.68. The van der Waals surface area contributed by atoms with Crippen molar-refractivity contribution < 1.29 is 9.90 Å². The van der Waals surface area contributed by atoms with Crippen molar-refractivity contribution in [3.05, 3.63) is 47.0 Å². The third-order valence-electron chi connectivity index (χ3n) is 2.28. The topological polar surface area (TPSA) is 55.1 Å². The first-order chi connectivity index (χ1) is 7.59. The number of hydrogen-bond donors (Lipinski definition) is 1. The predicted octanol–water partition coefficient (Wildman–Crippen LogP) is 2.53. The number of carboxylic acid groups (broad SMARTS) is 1. The third kappa shape index (κ3) is 1.79. The van der Waals surface area contributed by atoms with E-state index >= 15 is 0 Å². The number of aromatic nitrogens is 2. The molecule has 5 heteroatoms. The van der Waals surface area contributed by atoms with Gasteiger partial charge in [0.2, 0.25) is 0 Å². The van der Waals surface area contributed by atoms with Crippen LogP contribution in [0.3, 0.4) is 0 Å². The molecule has 0 saturated heterocycles. The minimum Gasteiger partial charge on any atom is -0.478 e. The lowest BCUT2D eigenvalue weighted by atomic mass is 10.2. The lowest BCUT2D eigenvalue weighted by Gasteiger charge is -2.09. The Morgan fingerprint density at radius 3 is 2.81 bits per heavy atom. The maximum Gasteiger partial charge on any atom is 0.337 e. The van der Waals surface area contributed by atoms with Gasteiger partial charge in [-0.1, -0.05) is 11.6 Å². The van der Waals surface area contributed by atoms with E-state index in [9.17, 15) is 4.79 Å². The summed E-state index contributed by atoms with van der Waals surface area (Å²) < 4.78 is 1.69. The van der Waals surface area contributed by atoms with Gasteiger partial charge in [0.05, 0.1) is 11.3 Å². The van der Waals surface area contributed by atoms with Crippen molar-refractivity contribution in [2.75, 3.05) is 0 Å². The van der Waals surface area contributed by atoms with Gasteiger partial charge in [0.1, 0.15) is 5.82 Å². The van der Waals surface area contributed by atoms with Gasteiger partial charge in [0, 0.05) is 17.4 Å². The van der Waals surface area contributed by atoms with Gasteiger partial charge in [-0.15, -0.1) is 0 Å². The molecular formula is C11H9ClN2O2. The Morgan fingerprint density at radius 2 is 2.25 bits per heavy atom. The highest BCUT2D eigenvalue weighted by atomic mass is 35.5. The molecule has 2 rings (SSSR count). The molecule has 0 fully saturated rings. The summed E-state index contributed by atoms with van der Waals surface area (Å²) in [6, 6.07) is 4.65. The quantitative estimate of drug-likeness (QED) is 0.872. The molecule has 16 heavy (non-hydrogen) atoms. The minimum atomic E-state index is -0.986. The van der Waals surface area contributed by atoms with Crippen molar-refractivity contribution >= 4 is 17.6 Å². The number of nitrogens with zero attached hydrogens (tertiary/aromatic N) is 2. The van der Waals surface area contributed by atoms with Crippen molar-refractivity contribution in [1.82, 2.24) is 9.55 Å². The number of rotatable bonds is 2. The second-order valence-electron chi connectivity index (χ2n) is 3.31. The van der Waals surface area contributed by atoms with Gasteiger partial charge in [0.25, 0.3) is 0 Å². The smallest absolute Gasteiger partial charge is 0.337 e. The van der Waals surface area contributed by atoms with Gasteiger partial charge in [-0.3, -0.25) is 0 Å². The summed E-state index contributed by atoms with van der Waals surface area (Å²) in [7, 11) is 0. The molecule has 0 bridgehead atoms. The Balaban J connectivity index is 2.67.